The first-order valence-corrected chi connectivity index (χ1v) is 12.0. The molecule has 0 radical (unpaired) electrons. The average Bonchev–Trinajstić information content (AvgIpc) is 3.22. The van der Waals surface area contributed by atoms with Crippen molar-refractivity contribution in [3.05, 3.63) is 75.8 Å². The first kappa shape index (κ1) is 22.4. The van der Waals surface area contributed by atoms with Crippen molar-refractivity contribution >= 4 is 43.9 Å². The number of thiazole rings is 1. The molecule has 1 heterocycles. The Morgan fingerprint density at radius 2 is 1.87 bits per heavy atom. The van der Waals surface area contributed by atoms with Crippen molar-refractivity contribution < 1.29 is 13.2 Å². The number of aromatic nitrogens is 1. The minimum absolute atomic E-state index is 0.0408. The van der Waals surface area contributed by atoms with Crippen molar-refractivity contribution in [2.45, 2.75) is 18.2 Å². The van der Waals surface area contributed by atoms with E-state index in [4.69, 9.17) is 11.6 Å². The van der Waals surface area contributed by atoms with E-state index in [0.29, 0.717) is 33.6 Å². The van der Waals surface area contributed by atoms with Gasteiger partial charge in [-0.05, 0) is 43.2 Å². The fourth-order valence-electron chi connectivity index (χ4n) is 2.82. The second-order valence-corrected chi connectivity index (χ2v) is 9.99. The smallest absolute Gasteiger partial charge is 0.240 e. The third-order valence-electron chi connectivity index (χ3n) is 4.52. The Morgan fingerprint density at radius 3 is 2.57 bits per heavy atom. The van der Waals surface area contributed by atoms with Crippen molar-refractivity contribution in [1.29, 1.82) is 0 Å². The summed E-state index contributed by atoms with van der Waals surface area (Å²) in [7, 11) is -1.70. The minimum atomic E-state index is -3.57. The number of sulfonamides is 1. The van der Waals surface area contributed by atoms with Crippen LogP contribution in [0.5, 0.6) is 0 Å². The lowest BCUT2D eigenvalue weighted by Crippen LogP contribution is -2.28. The molecule has 9 heteroatoms. The number of rotatable bonds is 9. The van der Waals surface area contributed by atoms with Gasteiger partial charge in [0, 0.05) is 30.7 Å². The van der Waals surface area contributed by atoms with Crippen LogP contribution in [0.15, 0.2) is 59.6 Å². The molecule has 0 aliphatic carbocycles. The molecule has 0 unspecified atom stereocenters. The molecule has 0 amide bonds. The number of carbonyl (C=O) groups is 1. The maximum atomic E-state index is 12.7. The van der Waals surface area contributed by atoms with Crippen LogP contribution in [0.2, 0.25) is 5.02 Å². The van der Waals surface area contributed by atoms with E-state index < -0.39 is 10.0 Å². The number of anilines is 1. The fourth-order valence-corrected chi connectivity index (χ4v) is 4.88. The molecule has 0 atom stereocenters. The van der Waals surface area contributed by atoms with E-state index in [1.807, 2.05) is 43.1 Å². The van der Waals surface area contributed by atoms with Crippen molar-refractivity contribution in [2.75, 3.05) is 25.0 Å². The van der Waals surface area contributed by atoms with Gasteiger partial charge in [-0.2, -0.15) is 0 Å². The first-order chi connectivity index (χ1) is 14.3. The highest BCUT2D eigenvalue weighted by molar-refractivity contribution is 7.89. The van der Waals surface area contributed by atoms with Crippen molar-refractivity contribution in [3.63, 3.8) is 0 Å². The van der Waals surface area contributed by atoms with Gasteiger partial charge in [-0.25, -0.2) is 18.1 Å². The number of nitrogens with one attached hydrogen (secondary N) is 1. The van der Waals surface area contributed by atoms with Crippen molar-refractivity contribution in [3.8, 4) is 0 Å². The van der Waals surface area contributed by atoms with Crippen molar-refractivity contribution in [1.82, 2.24) is 9.71 Å². The van der Waals surface area contributed by atoms with Gasteiger partial charge < -0.3 is 4.90 Å². The second kappa shape index (κ2) is 9.70. The van der Waals surface area contributed by atoms with Crippen LogP contribution in [0.3, 0.4) is 0 Å². The van der Waals surface area contributed by atoms with Gasteiger partial charge in [0.25, 0.3) is 0 Å². The molecule has 0 aliphatic heterocycles. The molecule has 3 aromatic rings. The van der Waals surface area contributed by atoms with Crippen molar-refractivity contribution in [2.24, 2.45) is 0 Å². The molecule has 1 N–H and O–H groups in total. The number of hydrogen-bond donors (Lipinski definition) is 1. The van der Waals surface area contributed by atoms with Gasteiger partial charge in [-0.15, -0.1) is 0 Å². The van der Waals surface area contributed by atoms with Gasteiger partial charge >= 0.3 is 0 Å². The fraction of sp³-hybridized carbons (Fsp3) is 0.238. The van der Waals surface area contributed by atoms with Crippen LogP contribution in [-0.2, 0) is 10.0 Å². The molecule has 6 nitrogen and oxygen atoms in total. The zero-order chi connectivity index (χ0) is 21.7. The van der Waals surface area contributed by atoms with Gasteiger partial charge in [-0.1, -0.05) is 47.2 Å². The molecule has 158 valence electrons. The number of aryl methyl sites for hydroxylation is 1. The summed E-state index contributed by atoms with van der Waals surface area (Å²) in [6, 6.07) is 13.5. The number of carbonyl (C=O) groups excluding carboxylic acids is 1. The van der Waals surface area contributed by atoms with Gasteiger partial charge in [-0.3, -0.25) is 4.79 Å². The molecule has 2 aromatic carbocycles. The zero-order valence-electron chi connectivity index (χ0n) is 16.6. The third-order valence-corrected chi connectivity index (χ3v) is 7.36. The van der Waals surface area contributed by atoms with Gasteiger partial charge in [0.15, 0.2) is 5.13 Å². The standard InChI is InChI=1S/C21H22ClN3O3S2/c1-15-6-3-4-7-18(15)20(26)19-14-23-21(29-19)25(2)13-5-12-24-30(27,28)17-10-8-16(22)9-11-17/h3-4,6-11,14,24H,5,12-13H2,1-2H3. The predicted molar refractivity (Wildman–Crippen MR) is 121 cm³/mol. The van der Waals surface area contributed by atoms with E-state index in [0.717, 1.165) is 5.56 Å². The summed E-state index contributed by atoms with van der Waals surface area (Å²) in [5.74, 6) is -0.0408. The largest absolute Gasteiger partial charge is 0.351 e. The lowest BCUT2D eigenvalue weighted by atomic mass is 10.0. The van der Waals surface area contributed by atoms with Gasteiger partial charge in [0.2, 0.25) is 15.8 Å². The molecule has 0 aliphatic rings. The highest BCUT2D eigenvalue weighted by atomic mass is 35.5. The SMILES string of the molecule is Cc1ccccc1C(=O)c1cnc(N(C)CCCNS(=O)(=O)c2ccc(Cl)cc2)s1. The predicted octanol–water partition coefficient (Wildman–Crippen LogP) is 4.14. The Balaban J connectivity index is 1.53. The number of halogens is 1. The summed E-state index contributed by atoms with van der Waals surface area (Å²) in [6.07, 6.45) is 2.18. The summed E-state index contributed by atoms with van der Waals surface area (Å²) >= 11 is 7.13. The molecule has 0 saturated carbocycles. The zero-order valence-corrected chi connectivity index (χ0v) is 19.0. The highest BCUT2D eigenvalue weighted by Gasteiger charge is 2.17. The number of benzene rings is 2. The molecular formula is C21H22ClN3O3S2. The average molecular weight is 464 g/mol. The Kier molecular flexibility index (Phi) is 7.25. The topological polar surface area (TPSA) is 79.4 Å². The Bertz CT molecular complexity index is 1130. The van der Waals surface area contributed by atoms with Crippen LogP contribution in [0, 0.1) is 6.92 Å². The van der Waals surface area contributed by atoms with Crippen LogP contribution in [0.25, 0.3) is 0 Å². The Hall–Kier alpha value is -2.26. The van der Waals surface area contributed by atoms with Crippen LogP contribution in [0.1, 0.15) is 27.2 Å². The normalized spacial score (nSPS) is 11.4. The lowest BCUT2D eigenvalue weighted by Gasteiger charge is -2.15. The van der Waals surface area contributed by atoms with Crippen LogP contribution in [0.4, 0.5) is 5.13 Å². The lowest BCUT2D eigenvalue weighted by molar-refractivity contribution is 0.104. The van der Waals surface area contributed by atoms with E-state index >= 15 is 0 Å². The third kappa shape index (κ3) is 5.46. The summed E-state index contributed by atoms with van der Waals surface area (Å²) in [5, 5.41) is 1.20. The van der Waals surface area contributed by atoms with Crippen LogP contribution in [-0.4, -0.2) is 39.3 Å². The Labute approximate surface area is 185 Å². The monoisotopic (exact) mass is 463 g/mol. The molecule has 1 aromatic heterocycles. The second-order valence-electron chi connectivity index (χ2n) is 6.78. The molecular weight excluding hydrogens is 442 g/mol. The summed E-state index contributed by atoms with van der Waals surface area (Å²) in [4.78, 5) is 19.7. The first-order valence-electron chi connectivity index (χ1n) is 9.30. The van der Waals surface area contributed by atoms with Gasteiger partial charge in [0.05, 0.1) is 16.0 Å². The quantitative estimate of drug-likeness (QED) is 0.381. The summed E-state index contributed by atoms with van der Waals surface area (Å²) in [5.41, 5.74) is 1.60. The molecule has 0 spiro atoms. The molecule has 3 rings (SSSR count). The number of hydrogen-bond acceptors (Lipinski definition) is 6. The van der Waals surface area contributed by atoms with Gasteiger partial charge in [0.1, 0.15) is 0 Å². The molecule has 0 fully saturated rings. The van der Waals surface area contributed by atoms with E-state index in [1.54, 1.807) is 18.3 Å². The maximum Gasteiger partial charge on any atom is 0.240 e. The maximum absolute atomic E-state index is 12.7. The Morgan fingerprint density at radius 1 is 1.17 bits per heavy atom. The summed E-state index contributed by atoms with van der Waals surface area (Å²) in [6.45, 7) is 2.79. The minimum Gasteiger partial charge on any atom is -0.351 e. The number of ketones is 1. The van der Waals surface area contributed by atoms with E-state index in [1.165, 1.54) is 23.5 Å². The summed E-state index contributed by atoms with van der Waals surface area (Å²) < 4.78 is 27.2. The van der Waals surface area contributed by atoms with Crippen LogP contribution < -0.4 is 9.62 Å². The van der Waals surface area contributed by atoms with E-state index in [9.17, 15) is 13.2 Å². The van der Waals surface area contributed by atoms with Crippen LogP contribution >= 0.6 is 22.9 Å². The number of nitrogens with zero attached hydrogens (tertiary/aromatic N) is 2. The van der Waals surface area contributed by atoms with E-state index in [2.05, 4.69) is 9.71 Å². The molecule has 30 heavy (non-hydrogen) atoms. The highest BCUT2D eigenvalue weighted by Crippen LogP contribution is 2.25. The molecule has 0 bridgehead atoms. The molecule has 0 saturated heterocycles. The van der Waals surface area contributed by atoms with E-state index in [-0.39, 0.29) is 17.2 Å².